The predicted octanol–water partition coefficient (Wildman–Crippen LogP) is 1.89. The van der Waals surface area contributed by atoms with Crippen LogP contribution in [0.2, 0.25) is 0 Å². The lowest BCUT2D eigenvalue weighted by molar-refractivity contribution is -0.146. The van der Waals surface area contributed by atoms with Crippen molar-refractivity contribution in [2.24, 2.45) is 11.7 Å². The lowest BCUT2D eigenvalue weighted by atomic mass is 9.85. The number of benzene rings is 1. The lowest BCUT2D eigenvalue weighted by Crippen LogP contribution is -2.48. The molecule has 0 radical (unpaired) electrons. The van der Waals surface area contributed by atoms with Crippen molar-refractivity contribution in [2.75, 3.05) is 6.61 Å². The van der Waals surface area contributed by atoms with Gasteiger partial charge in [-0.05, 0) is 17.9 Å². The van der Waals surface area contributed by atoms with Crippen molar-refractivity contribution in [1.82, 2.24) is 5.32 Å². The second-order valence-corrected chi connectivity index (χ2v) is 7.08. The first-order chi connectivity index (χ1) is 12.6. The smallest absolute Gasteiger partial charge is 0.308 e. The molecule has 1 aliphatic carbocycles. The zero-order chi connectivity index (χ0) is 18.8. The Kier molecular flexibility index (Phi) is 8.58. The van der Waals surface area contributed by atoms with Crippen LogP contribution in [0, 0.1) is 5.92 Å². The van der Waals surface area contributed by atoms with Crippen molar-refractivity contribution in [1.29, 1.82) is 0 Å². The molecular formula is C20H30N2O4. The minimum absolute atomic E-state index is 0.118. The number of hydrogen-bond donors (Lipinski definition) is 3. The van der Waals surface area contributed by atoms with E-state index in [4.69, 9.17) is 10.5 Å². The van der Waals surface area contributed by atoms with Gasteiger partial charge in [0.2, 0.25) is 5.91 Å². The fraction of sp³-hybridized carbons (Fsp3) is 0.600. The average molecular weight is 362 g/mol. The monoisotopic (exact) mass is 362 g/mol. The summed E-state index contributed by atoms with van der Waals surface area (Å²) in [6.45, 7) is 0.0440. The molecule has 0 unspecified atom stereocenters. The number of nitrogens with two attached hydrogens (primary N) is 1. The molecule has 4 N–H and O–H groups in total. The van der Waals surface area contributed by atoms with Gasteiger partial charge in [-0.15, -0.1) is 0 Å². The molecule has 144 valence electrons. The zero-order valence-electron chi connectivity index (χ0n) is 15.2. The van der Waals surface area contributed by atoms with Gasteiger partial charge >= 0.3 is 5.97 Å². The van der Waals surface area contributed by atoms with E-state index in [1.807, 2.05) is 30.3 Å². The number of amides is 1. The fourth-order valence-electron chi connectivity index (χ4n) is 3.38. The Morgan fingerprint density at radius 1 is 1.19 bits per heavy atom. The number of rotatable bonds is 9. The minimum Gasteiger partial charge on any atom is -0.461 e. The van der Waals surface area contributed by atoms with Gasteiger partial charge in [0.05, 0.1) is 25.1 Å². The van der Waals surface area contributed by atoms with Crippen LogP contribution in [-0.4, -0.2) is 35.7 Å². The molecule has 6 nitrogen and oxygen atoms in total. The van der Waals surface area contributed by atoms with E-state index in [1.54, 1.807) is 0 Å². The summed E-state index contributed by atoms with van der Waals surface area (Å²) in [6, 6.07) is 8.05. The second-order valence-electron chi connectivity index (χ2n) is 7.08. The minimum atomic E-state index is -0.973. The summed E-state index contributed by atoms with van der Waals surface area (Å²) in [5.74, 6) is -0.394. The molecule has 1 aliphatic rings. The Hall–Kier alpha value is -1.92. The maximum atomic E-state index is 12.2. The van der Waals surface area contributed by atoms with Gasteiger partial charge in [-0.1, -0.05) is 62.4 Å². The van der Waals surface area contributed by atoms with Crippen LogP contribution >= 0.6 is 0 Å². The van der Waals surface area contributed by atoms with E-state index in [1.165, 1.54) is 19.3 Å². The zero-order valence-corrected chi connectivity index (χ0v) is 15.2. The highest BCUT2D eigenvalue weighted by Crippen LogP contribution is 2.27. The number of carbonyl (C=O) groups excluding carboxylic acids is 2. The SMILES string of the molecule is N[C@@H](CC(=O)OCc1ccccc1)C(=O)N[C@H](CO)CC1CCCCC1. The number of aliphatic hydroxyl groups is 1. The van der Waals surface area contributed by atoms with Gasteiger partial charge in [0.1, 0.15) is 6.61 Å². The number of carbonyl (C=O) groups is 2. The van der Waals surface area contributed by atoms with Crippen LogP contribution in [0.1, 0.15) is 50.5 Å². The van der Waals surface area contributed by atoms with Gasteiger partial charge in [0, 0.05) is 0 Å². The molecular weight excluding hydrogens is 332 g/mol. The molecule has 1 saturated carbocycles. The molecule has 2 rings (SSSR count). The van der Waals surface area contributed by atoms with Gasteiger partial charge in [-0.25, -0.2) is 0 Å². The molecule has 1 aromatic carbocycles. The lowest BCUT2D eigenvalue weighted by Gasteiger charge is -2.26. The second kappa shape index (κ2) is 10.9. The van der Waals surface area contributed by atoms with Crippen LogP contribution in [0.4, 0.5) is 0 Å². The number of aliphatic hydroxyl groups excluding tert-OH is 1. The fourth-order valence-corrected chi connectivity index (χ4v) is 3.38. The Morgan fingerprint density at radius 3 is 2.54 bits per heavy atom. The van der Waals surface area contributed by atoms with E-state index < -0.39 is 17.9 Å². The van der Waals surface area contributed by atoms with Gasteiger partial charge in [-0.2, -0.15) is 0 Å². The van der Waals surface area contributed by atoms with Crippen LogP contribution in [-0.2, 0) is 20.9 Å². The van der Waals surface area contributed by atoms with Crippen LogP contribution in [0.15, 0.2) is 30.3 Å². The third kappa shape index (κ3) is 7.14. The van der Waals surface area contributed by atoms with E-state index in [-0.39, 0.29) is 25.7 Å². The first kappa shape index (κ1) is 20.4. The summed E-state index contributed by atoms with van der Waals surface area (Å²) < 4.78 is 5.15. The third-order valence-corrected chi connectivity index (χ3v) is 4.88. The molecule has 0 saturated heterocycles. The molecule has 6 heteroatoms. The first-order valence-corrected chi connectivity index (χ1v) is 9.45. The summed E-state index contributed by atoms with van der Waals surface area (Å²) in [5.41, 5.74) is 6.71. The van der Waals surface area contributed by atoms with Gasteiger partial charge in [0.25, 0.3) is 0 Å². The van der Waals surface area contributed by atoms with Crippen molar-refractivity contribution >= 4 is 11.9 Å². The number of nitrogens with one attached hydrogen (secondary N) is 1. The highest BCUT2D eigenvalue weighted by Gasteiger charge is 2.24. The molecule has 0 bridgehead atoms. The van der Waals surface area contributed by atoms with E-state index >= 15 is 0 Å². The molecule has 0 aliphatic heterocycles. The Morgan fingerprint density at radius 2 is 1.88 bits per heavy atom. The van der Waals surface area contributed by atoms with E-state index in [0.29, 0.717) is 5.92 Å². The standard InChI is InChI=1S/C20H30N2O4/c21-18(12-19(24)26-14-16-9-5-2-6-10-16)20(25)22-17(13-23)11-15-7-3-1-4-8-15/h2,5-6,9-10,15,17-18,23H,1,3-4,7-8,11-14,21H2,(H,22,25)/t17-,18-/m0/s1. The Labute approximate surface area is 155 Å². The summed E-state index contributed by atoms with van der Waals surface area (Å²) >= 11 is 0. The van der Waals surface area contributed by atoms with Crippen LogP contribution in [0.3, 0.4) is 0 Å². The van der Waals surface area contributed by atoms with Crippen molar-refractivity contribution in [3.63, 3.8) is 0 Å². The van der Waals surface area contributed by atoms with Crippen molar-refractivity contribution in [2.45, 2.75) is 63.6 Å². The van der Waals surface area contributed by atoms with Crippen molar-refractivity contribution in [3.8, 4) is 0 Å². The number of hydrogen-bond acceptors (Lipinski definition) is 5. The molecule has 1 aromatic rings. The third-order valence-electron chi connectivity index (χ3n) is 4.88. The van der Waals surface area contributed by atoms with Crippen molar-refractivity contribution < 1.29 is 19.4 Å². The maximum Gasteiger partial charge on any atom is 0.308 e. The average Bonchev–Trinajstić information content (AvgIpc) is 2.67. The first-order valence-electron chi connectivity index (χ1n) is 9.45. The summed E-state index contributed by atoms with van der Waals surface area (Å²) in [7, 11) is 0. The largest absolute Gasteiger partial charge is 0.461 e. The highest BCUT2D eigenvalue weighted by molar-refractivity contribution is 5.86. The maximum absolute atomic E-state index is 12.2. The van der Waals surface area contributed by atoms with Crippen molar-refractivity contribution in [3.05, 3.63) is 35.9 Å². The van der Waals surface area contributed by atoms with Crippen LogP contribution in [0.5, 0.6) is 0 Å². The normalized spacial score (nSPS) is 17.3. The van der Waals surface area contributed by atoms with E-state index in [2.05, 4.69) is 5.32 Å². The summed E-state index contributed by atoms with van der Waals surface area (Å²) in [6.07, 6.45) is 6.55. The summed E-state index contributed by atoms with van der Waals surface area (Å²) in [5, 5.41) is 12.3. The van der Waals surface area contributed by atoms with E-state index in [0.717, 1.165) is 24.8 Å². The molecule has 1 fully saturated rings. The summed E-state index contributed by atoms with van der Waals surface area (Å²) in [4.78, 5) is 24.1. The number of ether oxygens (including phenoxy) is 1. The Bertz CT molecular complexity index is 558. The molecule has 1 amide bonds. The van der Waals surface area contributed by atoms with Crippen LogP contribution in [0.25, 0.3) is 0 Å². The topological polar surface area (TPSA) is 102 Å². The number of esters is 1. The molecule has 0 aromatic heterocycles. The van der Waals surface area contributed by atoms with Crippen LogP contribution < -0.4 is 11.1 Å². The Balaban J connectivity index is 1.71. The van der Waals surface area contributed by atoms with Gasteiger partial charge in [-0.3, -0.25) is 9.59 Å². The molecule has 0 spiro atoms. The molecule has 26 heavy (non-hydrogen) atoms. The highest BCUT2D eigenvalue weighted by atomic mass is 16.5. The van der Waals surface area contributed by atoms with E-state index in [9.17, 15) is 14.7 Å². The van der Waals surface area contributed by atoms with Gasteiger partial charge < -0.3 is 20.9 Å². The predicted molar refractivity (Wildman–Crippen MR) is 99.0 cm³/mol. The molecule has 2 atom stereocenters. The molecule has 0 heterocycles. The van der Waals surface area contributed by atoms with Gasteiger partial charge in [0.15, 0.2) is 0 Å². The quantitative estimate of drug-likeness (QED) is 0.582.